The van der Waals surface area contributed by atoms with E-state index in [4.69, 9.17) is 5.26 Å². The molecule has 3 rings (SSSR count). The van der Waals surface area contributed by atoms with Crippen molar-refractivity contribution in [2.24, 2.45) is 0 Å². The van der Waals surface area contributed by atoms with Crippen LogP contribution in [0.15, 0.2) is 18.2 Å². The van der Waals surface area contributed by atoms with E-state index in [1.807, 2.05) is 24.4 Å². The molecule has 1 fully saturated rings. The molecule has 6 nitrogen and oxygen atoms in total. The standard InChI is InChI=1S/C13H12N4O2/c1-16-11(6-17(7-14)13(16)19)8-2-3-10-9(4-8)5-12(18)15-10/h2-4,11H,5-6H2,1H3,(H,15,18). The van der Waals surface area contributed by atoms with E-state index in [0.29, 0.717) is 13.0 Å². The number of likely N-dealkylation sites (N-methyl/N-ethyl adjacent to an activating group) is 1. The molecule has 2 aliphatic rings. The molecule has 2 aliphatic heterocycles. The Morgan fingerprint density at radius 3 is 2.89 bits per heavy atom. The molecule has 3 amide bonds. The van der Waals surface area contributed by atoms with Crippen LogP contribution in [0.5, 0.6) is 0 Å². The van der Waals surface area contributed by atoms with Crippen LogP contribution >= 0.6 is 0 Å². The summed E-state index contributed by atoms with van der Waals surface area (Å²) >= 11 is 0. The van der Waals surface area contributed by atoms with Crippen molar-refractivity contribution in [3.63, 3.8) is 0 Å². The minimum atomic E-state index is -0.290. The van der Waals surface area contributed by atoms with Crippen LogP contribution in [0.25, 0.3) is 0 Å². The molecule has 0 aromatic heterocycles. The van der Waals surface area contributed by atoms with Gasteiger partial charge in [0.2, 0.25) is 5.91 Å². The SMILES string of the molecule is CN1C(=O)N(C#N)CC1c1ccc2c(c1)CC(=O)N2. The summed E-state index contributed by atoms with van der Waals surface area (Å²) < 4.78 is 0. The highest BCUT2D eigenvalue weighted by Crippen LogP contribution is 2.32. The molecule has 0 aliphatic carbocycles. The van der Waals surface area contributed by atoms with Gasteiger partial charge in [0.25, 0.3) is 0 Å². The van der Waals surface area contributed by atoms with Gasteiger partial charge in [-0.1, -0.05) is 12.1 Å². The number of carbonyl (C=O) groups excluding carboxylic acids is 2. The average Bonchev–Trinajstić information content (AvgIpc) is 2.90. The van der Waals surface area contributed by atoms with Crippen LogP contribution < -0.4 is 5.32 Å². The number of nitrogens with one attached hydrogen (secondary N) is 1. The number of urea groups is 1. The fourth-order valence-electron chi connectivity index (χ4n) is 2.57. The molecule has 1 aromatic carbocycles. The fraction of sp³-hybridized carbons (Fsp3) is 0.308. The van der Waals surface area contributed by atoms with Gasteiger partial charge >= 0.3 is 6.03 Å². The van der Waals surface area contributed by atoms with Gasteiger partial charge in [0.1, 0.15) is 0 Å². The van der Waals surface area contributed by atoms with Gasteiger partial charge in [0.15, 0.2) is 6.19 Å². The van der Waals surface area contributed by atoms with Gasteiger partial charge in [-0.05, 0) is 17.2 Å². The Bertz CT molecular complexity index is 620. The Kier molecular flexibility index (Phi) is 2.42. The van der Waals surface area contributed by atoms with Crippen molar-refractivity contribution >= 4 is 17.6 Å². The van der Waals surface area contributed by atoms with Gasteiger partial charge in [0, 0.05) is 12.7 Å². The maximum atomic E-state index is 11.8. The van der Waals surface area contributed by atoms with Gasteiger partial charge in [-0.25, -0.2) is 9.69 Å². The predicted molar refractivity (Wildman–Crippen MR) is 67.0 cm³/mol. The van der Waals surface area contributed by atoms with Crippen molar-refractivity contribution in [3.8, 4) is 6.19 Å². The van der Waals surface area contributed by atoms with Gasteiger partial charge in [-0.15, -0.1) is 0 Å². The molecule has 1 saturated heterocycles. The summed E-state index contributed by atoms with van der Waals surface area (Å²) in [6.07, 6.45) is 2.25. The summed E-state index contributed by atoms with van der Waals surface area (Å²) in [5.74, 6) is -0.0124. The molecule has 1 atom stereocenters. The topological polar surface area (TPSA) is 76.4 Å². The maximum absolute atomic E-state index is 11.8. The lowest BCUT2D eigenvalue weighted by molar-refractivity contribution is -0.115. The zero-order valence-electron chi connectivity index (χ0n) is 10.4. The highest BCUT2D eigenvalue weighted by Gasteiger charge is 2.36. The molecule has 19 heavy (non-hydrogen) atoms. The minimum absolute atomic E-state index is 0.0124. The third-order valence-corrected chi connectivity index (χ3v) is 3.62. The largest absolute Gasteiger partial charge is 0.333 e. The number of nitriles is 1. The number of carbonyl (C=O) groups is 2. The maximum Gasteiger partial charge on any atom is 0.333 e. The minimum Gasteiger partial charge on any atom is -0.326 e. The summed E-state index contributed by atoms with van der Waals surface area (Å²) in [4.78, 5) is 25.8. The quantitative estimate of drug-likeness (QED) is 0.763. The van der Waals surface area contributed by atoms with Crippen molar-refractivity contribution in [3.05, 3.63) is 29.3 Å². The van der Waals surface area contributed by atoms with E-state index in [9.17, 15) is 9.59 Å². The number of hydrogen-bond acceptors (Lipinski definition) is 3. The monoisotopic (exact) mass is 256 g/mol. The van der Waals surface area contributed by atoms with Crippen LogP contribution in [0.1, 0.15) is 17.2 Å². The third-order valence-electron chi connectivity index (χ3n) is 3.62. The Balaban J connectivity index is 1.92. The summed E-state index contributed by atoms with van der Waals surface area (Å²) in [6.45, 7) is 0.353. The van der Waals surface area contributed by atoms with Crippen LogP contribution in [0.2, 0.25) is 0 Å². The first-order valence-corrected chi connectivity index (χ1v) is 5.97. The second kappa shape index (κ2) is 3.99. The number of hydrogen-bond donors (Lipinski definition) is 1. The van der Waals surface area contributed by atoms with Crippen molar-refractivity contribution in [1.82, 2.24) is 9.80 Å². The second-order valence-corrected chi connectivity index (χ2v) is 4.76. The highest BCUT2D eigenvalue weighted by molar-refractivity contribution is 5.99. The Morgan fingerprint density at radius 2 is 2.21 bits per heavy atom. The Morgan fingerprint density at radius 1 is 1.42 bits per heavy atom. The van der Waals surface area contributed by atoms with Crippen LogP contribution in [0, 0.1) is 11.5 Å². The number of rotatable bonds is 1. The molecule has 6 heteroatoms. The number of nitrogens with zero attached hydrogens (tertiary/aromatic N) is 3. The summed E-state index contributed by atoms with van der Waals surface area (Å²) in [6, 6.07) is 5.24. The first-order valence-electron chi connectivity index (χ1n) is 5.97. The van der Waals surface area contributed by atoms with Crippen molar-refractivity contribution in [1.29, 1.82) is 5.26 Å². The van der Waals surface area contributed by atoms with Crippen LogP contribution in [0.3, 0.4) is 0 Å². The van der Waals surface area contributed by atoms with E-state index in [1.54, 1.807) is 11.9 Å². The fourth-order valence-corrected chi connectivity index (χ4v) is 2.57. The molecule has 0 radical (unpaired) electrons. The van der Waals surface area contributed by atoms with Crippen LogP contribution in [-0.4, -0.2) is 35.3 Å². The summed E-state index contributed by atoms with van der Waals surface area (Å²) in [7, 11) is 1.68. The Hall–Kier alpha value is -2.55. The van der Waals surface area contributed by atoms with Crippen LogP contribution in [0.4, 0.5) is 10.5 Å². The molecule has 1 unspecified atom stereocenters. The van der Waals surface area contributed by atoms with E-state index in [1.165, 1.54) is 0 Å². The molecule has 1 N–H and O–H groups in total. The van der Waals surface area contributed by atoms with Gasteiger partial charge in [-0.2, -0.15) is 5.26 Å². The zero-order valence-corrected chi connectivity index (χ0v) is 10.4. The lowest BCUT2D eigenvalue weighted by Gasteiger charge is -2.18. The summed E-state index contributed by atoms with van der Waals surface area (Å²) in [5, 5.41) is 11.7. The molecule has 0 bridgehead atoms. The lowest BCUT2D eigenvalue weighted by atomic mass is 10.0. The van der Waals surface area contributed by atoms with Crippen molar-refractivity contribution < 1.29 is 9.59 Å². The number of benzene rings is 1. The first kappa shape index (κ1) is 11.5. The van der Waals surface area contributed by atoms with Gasteiger partial charge < -0.3 is 10.2 Å². The number of fused-ring (bicyclic) bond motifs is 1. The normalized spacial score (nSPS) is 21.4. The average molecular weight is 256 g/mol. The second-order valence-electron chi connectivity index (χ2n) is 4.76. The predicted octanol–water partition coefficient (Wildman–Crippen LogP) is 1.07. The van der Waals surface area contributed by atoms with E-state index in [-0.39, 0.29) is 18.0 Å². The lowest BCUT2D eigenvalue weighted by Crippen LogP contribution is -2.26. The highest BCUT2D eigenvalue weighted by atomic mass is 16.2. The Labute approximate surface area is 110 Å². The molecule has 0 saturated carbocycles. The smallest absolute Gasteiger partial charge is 0.326 e. The molecule has 2 heterocycles. The van der Waals surface area contributed by atoms with Gasteiger partial charge in [0.05, 0.1) is 19.0 Å². The van der Waals surface area contributed by atoms with E-state index >= 15 is 0 Å². The molecular formula is C13H12N4O2. The van der Waals surface area contributed by atoms with Crippen molar-refractivity contribution in [2.75, 3.05) is 18.9 Å². The third kappa shape index (κ3) is 1.71. The molecule has 0 spiro atoms. The first-order chi connectivity index (χ1) is 9.10. The van der Waals surface area contributed by atoms with E-state index in [0.717, 1.165) is 21.7 Å². The van der Waals surface area contributed by atoms with Crippen molar-refractivity contribution in [2.45, 2.75) is 12.5 Å². The molecular weight excluding hydrogens is 244 g/mol. The summed E-state index contributed by atoms with van der Waals surface area (Å²) in [5.41, 5.74) is 2.72. The molecule has 1 aromatic rings. The van der Waals surface area contributed by atoms with Gasteiger partial charge in [-0.3, -0.25) is 4.79 Å². The van der Waals surface area contributed by atoms with Crippen LogP contribution in [-0.2, 0) is 11.2 Å². The molecule has 96 valence electrons. The number of amides is 3. The van der Waals surface area contributed by atoms with E-state index < -0.39 is 0 Å². The number of anilines is 1. The zero-order chi connectivity index (χ0) is 13.6. The van der Waals surface area contributed by atoms with E-state index in [2.05, 4.69) is 5.32 Å².